The number of carbonyl (C=O) groups excluding carboxylic acids is 2. The molecule has 10 N–H and O–H groups in total. The minimum absolute atomic E-state index is 0.266. The summed E-state index contributed by atoms with van der Waals surface area (Å²) in [4.78, 5) is 35.2. The first-order chi connectivity index (χ1) is 32.1. The van der Waals surface area contributed by atoms with Gasteiger partial charge in [-0.1, -0.05) is 60.7 Å². The SMILES string of the molecule is O=C(C=Cc1cccc(CNc2nc3ccccc3n2[C@@H]2O[C@H](CO)[C@@H](O)[C@H]2OC(=O)C=Cc2cccc(CNc3nc4ccccc4n3[C@@H]3O[C@H](CO)[C@@H](O)[C@H]3O)c2)c1)NC(CO)CO. The summed E-state index contributed by atoms with van der Waals surface area (Å²) in [5, 5.41) is 80.1. The summed E-state index contributed by atoms with van der Waals surface area (Å²) < 4.78 is 21.2. The zero-order chi connectivity index (χ0) is 46.3. The molecule has 0 saturated carbocycles. The lowest BCUT2D eigenvalue weighted by Crippen LogP contribution is -2.39. The molecular weight excluding hydrogens is 855 g/mol. The normalized spacial score (nSPS) is 23.2. The number of carbonyl (C=O) groups is 2. The highest BCUT2D eigenvalue weighted by molar-refractivity contribution is 5.92. The zero-order valence-electron chi connectivity index (χ0n) is 35.4. The second-order valence-corrected chi connectivity index (χ2v) is 15.9. The fraction of sp³-hybridized carbons (Fsp3) is 0.319. The number of esters is 1. The molecule has 0 bridgehead atoms. The van der Waals surface area contributed by atoms with Crippen molar-refractivity contribution in [1.82, 2.24) is 24.4 Å². The summed E-state index contributed by atoms with van der Waals surface area (Å²) >= 11 is 0. The molecule has 2 aromatic heterocycles. The maximum Gasteiger partial charge on any atom is 0.331 e. The Morgan fingerprint density at radius 3 is 1.71 bits per heavy atom. The van der Waals surface area contributed by atoms with E-state index in [1.807, 2.05) is 84.9 Å². The number of hydrogen-bond acceptors (Lipinski definition) is 16. The molecule has 0 spiro atoms. The number of fused-ring (bicyclic) bond motifs is 2. The summed E-state index contributed by atoms with van der Waals surface area (Å²) in [5.74, 6) is -0.544. The maximum atomic E-state index is 13.5. The quantitative estimate of drug-likeness (QED) is 0.0433. The molecule has 2 aliphatic heterocycles. The maximum absolute atomic E-state index is 13.5. The number of benzene rings is 4. The van der Waals surface area contributed by atoms with Crippen LogP contribution in [-0.4, -0.2) is 136 Å². The van der Waals surface area contributed by atoms with Gasteiger partial charge in [0.25, 0.3) is 0 Å². The monoisotopic (exact) mass is 905 g/mol. The Kier molecular flexibility index (Phi) is 14.5. The van der Waals surface area contributed by atoms with Crippen molar-refractivity contribution >= 4 is 58.0 Å². The Hall–Kier alpha value is -6.52. The van der Waals surface area contributed by atoms with Crippen LogP contribution in [0.4, 0.5) is 11.9 Å². The van der Waals surface area contributed by atoms with E-state index in [0.717, 1.165) is 11.1 Å². The second kappa shape index (κ2) is 20.8. The van der Waals surface area contributed by atoms with Gasteiger partial charge in [-0.15, -0.1) is 0 Å². The van der Waals surface area contributed by atoms with E-state index in [9.17, 15) is 45.3 Å². The lowest BCUT2D eigenvalue weighted by Gasteiger charge is -2.23. The van der Waals surface area contributed by atoms with E-state index in [2.05, 4.69) is 20.9 Å². The van der Waals surface area contributed by atoms with Crippen molar-refractivity contribution < 1.29 is 59.5 Å². The van der Waals surface area contributed by atoms with E-state index < -0.39 is 93.4 Å². The van der Waals surface area contributed by atoms with E-state index in [4.69, 9.17) is 19.2 Å². The Morgan fingerprint density at radius 1 is 0.652 bits per heavy atom. The van der Waals surface area contributed by atoms with Crippen LogP contribution in [0.3, 0.4) is 0 Å². The minimum Gasteiger partial charge on any atom is -0.451 e. The third-order valence-corrected chi connectivity index (χ3v) is 11.4. The molecule has 4 aromatic carbocycles. The third-order valence-electron chi connectivity index (χ3n) is 11.4. The summed E-state index contributed by atoms with van der Waals surface area (Å²) in [5.41, 5.74) is 5.48. The Morgan fingerprint density at radius 2 is 1.17 bits per heavy atom. The topological polar surface area (TPSA) is 275 Å². The molecule has 0 aliphatic carbocycles. The molecule has 346 valence electrons. The predicted molar refractivity (Wildman–Crippen MR) is 241 cm³/mol. The van der Waals surface area contributed by atoms with Gasteiger partial charge in [-0.3, -0.25) is 13.9 Å². The number of nitrogens with zero attached hydrogens (tertiary/aromatic N) is 4. The van der Waals surface area contributed by atoms with Crippen LogP contribution in [0.5, 0.6) is 0 Å². The van der Waals surface area contributed by atoms with Crippen LogP contribution < -0.4 is 16.0 Å². The number of hydrogen-bond donors (Lipinski definition) is 10. The fourth-order valence-electron chi connectivity index (χ4n) is 8.03. The van der Waals surface area contributed by atoms with E-state index >= 15 is 0 Å². The first-order valence-corrected chi connectivity index (χ1v) is 21.3. The number of para-hydroxylation sites is 4. The number of nitrogens with one attached hydrogen (secondary N) is 3. The van der Waals surface area contributed by atoms with Gasteiger partial charge in [-0.2, -0.15) is 0 Å². The molecule has 0 unspecified atom stereocenters. The average Bonchev–Trinajstić information content (AvgIpc) is 4.07. The molecule has 2 aliphatic rings. The molecule has 2 fully saturated rings. The molecule has 0 radical (unpaired) electrons. The Balaban J connectivity index is 0.960. The zero-order valence-corrected chi connectivity index (χ0v) is 35.4. The number of aliphatic hydroxyl groups excluding tert-OH is 7. The van der Waals surface area contributed by atoms with Gasteiger partial charge in [0, 0.05) is 25.2 Å². The third kappa shape index (κ3) is 9.99. The summed E-state index contributed by atoms with van der Waals surface area (Å²) in [6.07, 6.45) is -3.74. The lowest BCUT2D eigenvalue weighted by molar-refractivity contribution is -0.152. The van der Waals surface area contributed by atoms with Crippen LogP contribution in [-0.2, 0) is 36.9 Å². The van der Waals surface area contributed by atoms with Crippen LogP contribution in [0.1, 0.15) is 34.7 Å². The van der Waals surface area contributed by atoms with Crippen molar-refractivity contribution in [1.29, 1.82) is 0 Å². The van der Waals surface area contributed by atoms with Gasteiger partial charge in [0.1, 0.15) is 30.5 Å². The Bertz CT molecular complexity index is 2700. The summed E-state index contributed by atoms with van der Waals surface area (Å²) in [6, 6.07) is 28.4. The smallest absolute Gasteiger partial charge is 0.331 e. The highest BCUT2D eigenvalue weighted by atomic mass is 16.6. The first-order valence-electron chi connectivity index (χ1n) is 21.3. The first kappa shape index (κ1) is 46.0. The molecule has 8 rings (SSSR count). The number of ether oxygens (including phenoxy) is 3. The van der Waals surface area contributed by atoms with E-state index in [-0.39, 0.29) is 13.1 Å². The molecular formula is C47H51N7O12. The molecule has 19 nitrogen and oxygen atoms in total. The second-order valence-electron chi connectivity index (χ2n) is 15.9. The molecule has 4 heterocycles. The minimum atomic E-state index is -1.40. The van der Waals surface area contributed by atoms with Crippen LogP contribution >= 0.6 is 0 Å². The molecule has 66 heavy (non-hydrogen) atoms. The van der Waals surface area contributed by atoms with Crippen LogP contribution in [0, 0.1) is 0 Å². The summed E-state index contributed by atoms with van der Waals surface area (Å²) in [7, 11) is 0. The highest BCUT2D eigenvalue weighted by Gasteiger charge is 2.48. The van der Waals surface area contributed by atoms with E-state index in [1.165, 1.54) is 12.2 Å². The number of imidazole rings is 2. The standard InChI is InChI=1S/C47H51N7O12/c55-23-31(24-56)50-38(59)17-15-27-7-5-9-29(19-27)22-49-47-52-33-12-2-4-14-35(33)54(47)45-43(41(62)37(26-58)65-45)66-39(60)18-16-28-8-6-10-30(20-28)21-48-46-51-32-11-1-3-13-34(32)53(46)44-42(63)40(61)36(25-57)64-44/h1-20,31,36-37,40-45,55-58,61-63H,21-26H2,(H,48,51)(H,49,52)(H,50,59)/t36-,37-,40-,41-,42-,43-,44-,45-/m1/s1. The Labute approximate surface area is 377 Å². The van der Waals surface area contributed by atoms with Gasteiger partial charge in [0.05, 0.1) is 54.5 Å². The molecule has 6 aromatic rings. The number of aromatic nitrogens is 4. The van der Waals surface area contributed by atoms with E-state index in [1.54, 1.807) is 33.4 Å². The van der Waals surface area contributed by atoms with E-state index in [0.29, 0.717) is 45.1 Å². The number of amides is 1. The lowest BCUT2D eigenvalue weighted by atomic mass is 10.1. The van der Waals surface area contributed by atoms with Gasteiger partial charge < -0.3 is 65.9 Å². The number of aliphatic hydroxyl groups is 7. The molecule has 19 heteroatoms. The van der Waals surface area contributed by atoms with Crippen molar-refractivity contribution in [3.8, 4) is 0 Å². The van der Waals surface area contributed by atoms with Gasteiger partial charge >= 0.3 is 5.97 Å². The van der Waals surface area contributed by atoms with Crippen LogP contribution in [0.2, 0.25) is 0 Å². The van der Waals surface area contributed by atoms with Crippen molar-refractivity contribution in [2.24, 2.45) is 0 Å². The average molecular weight is 906 g/mol. The largest absolute Gasteiger partial charge is 0.451 e. The van der Waals surface area contributed by atoms with Gasteiger partial charge in [-0.25, -0.2) is 14.8 Å². The van der Waals surface area contributed by atoms with Crippen molar-refractivity contribution in [2.75, 3.05) is 37.1 Å². The molecule has 2 saturated heterocycles. The van der Waals surface area contributed by atoms with Crippen LogP contribution in [0.15, 0.2) is 109 Å². The fourth-order valence-corrected chi connectivity index (χ4v) is 8.03. The van der Waals surface area contributed by atoms with Gasteiger partial charge in [0.2, 0.25) is 17.8 Å². The predicted octanol–water partition coefficient (Wildman–Crippen LogP) is 1.58. The molecule has 1 amide bonds. The summed E-state index contributed by atoms with van der Waals surface area (Å²) in [6.45, 7) is -1.28. The van der Waals surface area contributed by atoms with Crippen molar-refractivity contribution in [3.63, 3.8) is 0 Å². The number of anilines is 2. The van der Waals surface area contributed by atoms with Gasteiger partial charge in [0.15, 0.2) is 18.6 Å². The highest BCUT2D eigenvalue weighted by Crippen LogP contribution is 2.38. The molecule has 8 atom stereocenters. The van der Waals surface area contributed by atoms with Crippen molar-refractivity contribution in [3.05, 3.63) is 131 Å². The van der Waals surface area contributed by atoms with Gasteiger partial charge in [-0.05, 0) is 70.8 Å². The number of rotatable bonds is 18. The van der Waals surface area contributed by atoms with Crippen LogP contribution in [0.25, 0.3) is 34.2 Å². The van der Waals surface area contributed by atoms with Crippen molar-refractivity contribution in [2.45, 2.75) is 68.2 Å².